The molecule has 0 N–H and O–H groups in total. The number of fused-ring (bicyclic) bond motifs is 1. The summed E-state index contributed by atoms with van der Waals surface area (Å²) in [5.41, 5.74) is 2.24. The molecule has 0 saturated carbocycles. The van der Waals surface area contributed by atoms with Crippen molar-refractivity contribution in [2.75, 3.05) is 0 Å². The van der Waals surface area contributed by atoms with Crippen molar-refractivity contribution in [1.82, 2.24) is 4.40 Å². The van der Waals surface area contributed by atoms with Crippen molar-refractivity contribution in [3.8, 4) is 6.07 Å². The van der Waals surface area contributed by atoms with E-state index in [-0.39, 0.29) is 0 Å². The molecule has 2 aromatic rings. The van der Waals surface area contributed by atoms with Crippen LogP contribution in [0.5, 0.6) is 0 Å². The maximum atomic E-state index is 8.89. The maximum absolute atomic E-state index is 8.89. The van der Waals surface area contributed by atoms with Crippen LogP contribution in [-0.2, 0) is 0 Å². The van der Waals surface area contributed by atoms with E-state index in [1.165, 1.54) is 0 Å². The van der Waals surface area contributed by atoms with Crippen LogP contribution in [0, 0.1) is 18.3 Å². The van der Waals surface area contributed by atoms with Crippen molar-refractivity contribution in [3.05, 3.63) is 39.6 Å². The Morgan fingerprint density at radius 3 is 2.71 bits per heavy atom. The molecule has 2 aromatic heterocycles. The van der Waals surface area contributed by atoms with E-state index in [1.807, 2.05) is 11.3 Å². The fraction of sp³-hybridized carbons (Fsp3) is 0.100. The van der Waals surface area contributed by atoms with Crippen molar-refractivity contribution < 1.29 is 0 Å². The van der Waals surface area contributed by atoms with E-state index in [0.29, 0.717) is 15.6 Å². The molecule has 0 aromatic carbocycles. The highest BCUT2D eigenvalue weighted by Gasteiger charge is 2.09. The first kappa shape index (κ1) is 9.39. The molecule has 0 atom stereocenters. The van der Waals surface area contributed by atoms with Crippen LogP contribution in [0.3, 0.4) is 0 Å². The van der Waals surface area contributed by atoms with Gasteiger partial charge in [-0.1, -0.05) is 23.2 Å². The Morgan fingerprint density at radius 1 is 1.36 bits per heavy atom. The lowest BCUT2D eigenvalue weighted by Gasteiger charge is -2.01. The average molecular weight is 225 g/mol. The number of pyridine rings is 1. The van der Waals surface area contributed by atoms with Crippen LogP contribution in [0.4, 0.5) is 0 Å². The van der Waals surface area contributed by atoms with Gasteiger partial charge < -0.3 is 4.40 Å². The molecule has 0 radical (unpaired) electrons. The zero-order chi connectivity index (χ0) is 10.3. The molecule has 2 nitrogen and oxygen atoms in total. The van der Waals surface area contributed by atoms with E-state index >= 15 is 0 Å². The van der Waals surface area contributed by atoms with Crippen LogP contribution in [-0.4, -0.2) is 4.40 Å². The lowest BCUT2D eigenvalue weighted by molar-refractivity contribution is 1.11. The minimum Gasteiger partial charge on any atom is -0.317 e. The van der Waals surface area contributed by atoms with Gasteiger partial charge in [-0.3, -0.25) is 0 Å². The fourth-order valence-electron chi connectivity index (χ4n) is 1.50. The van der Waals surface area contributed by atoms with Gasteiger partial charge >= 0.3 is 0 Å². The minimum atomic E-state index is 0.502. The molecule has 0 saturated heterocycles. The van der Waals surface area contributed by atoms with E-state index in [0.717, 1.165) is 11.2 Å². The Balaban J connectivity index is 2.98. The average Bonchev–Trinajstić information content (AvgIpc) is 2.43. The van der Waals surface area contributed by atoms with Gasteiger partial charge in [0.1, 0.15) is 6.07 Å². The van der Waals surface area contributed by atoms with Gasteiger partial charge in [0.15, 0.2) is 0 Å². The number of rotatable bonds is 0. The highest BCUT2D eigenvalue weighted by atomic mass is 35.5. The predicted octanol–water partition coefficient (Wildman–Crippen LogP) is 3.43. The zero-order valence-corrected chi connectivity index (χ0v) is 8.89. The summed E-state index contributed by atoms with van der Waals surface area (Å²) < 4.78 is 1.82. The first-order chi connectivity index (χ1) is 6.63. The van der Waals surface area contributed by atoms with Crippen LogP contribution < -0.4 is 0 Å². The third-order valence-electron chi connectivity index (χ3n) is 2.09. The van der Waals surface area contributed by atoms with Gasteiger partial charge in [0.25, 0.3) is 0 Å². The number of halogens is 2. The Labute approximate surface area is 91.3 Å². The van der Waals surface area contributed by atoms with Crippen molar-refractivity contribution in [2.45, 2.75) is 6.92 Å². The molecule has 4 heteroatoms. The molecular formula is C10H6Cl2N2. The number of nitrogens with zero attached hydrogens (tertiary/aromatic N) is 2. The number of nitriles is 1. The van der Waals surface area contributed by atoms with E-state index in [2.05, 4.69) is 6.07 Å². The summed E-state index contributed by atoms with van der Waals surface area (Å²) in [6.07, 6.45) is 1.75. The number of hydrogen-bond acceptors (Lipinski definition) is 1. The second-order valence-electron chi connectivity index (χ2n) is 3.04. The quantitative estimate of drug-likeness (QED) is 0.675. The molecule has 0 spiro atoms. The summed E-state index contributed by atoms with van der Waals surface area (Å²) in [5.74, 6) is 0. The molecule has 2 rings (SSSR count). The molecule has 0 aliphatic carbocycles. The second-order valence-corrected chi connectivity index (χ2v) is 3.88. The normalized spacial score (nSPS) is 10.4. The number of hydrogen-bond donors (Lipinski definition) is 0. The molecule has 0 amide bonds. The Kier molecular flexibility index (Phi) is 2.14. The van der Waals surface area contributed by atoms with Crippen molar-refractivity contribution in [2.24, 2.45) is 0 Å². The van der Waals surface area contributed by atoms with E-state index in [4.69, 9.17) is 28.5 Å². The molecule has 0 aliphatic rings. The van der Waals surface area contributed by atoms with Crippen LogP contribution in [0.25, 0.3) is 5.52 Å². The van der Waals surface area contributed by atoms with E-state index < -0.39 is 0 Å². The Hall–Kier alpha value is -1.17. The van der Waals surface area contributed by atoms with E-state index in [1.54, 1.807) is 18.3 Å². The Bertz CT molecular complexity index is 549. The van der Waals surface area contributed by atoms with Crippen LogP contribution in [0.1, 0.15) is 11.3 Å². The second kappa shape index (κ2) is 3.20. The van der Waals surface area contributed by atoms with Crippen molar-refractivity contribution >= 4 is 28.7 Å². The molecule has 0 unspecified atom stereocenters. The predicted molar refractivity (Wildman–Crippen MR) is 56.9 cm³/mol. The van der Waals surface area contributed by atoms with Gasteiger partial charge in [0, 0.05) is 11.9 Å². The van der Waals surface area contributed by atoms with Gasteiger partial charge in [-0.05, 0) is 19.1 Å². The van der Waals surface area contributed by atoms with Gasteiger partial charge in [-0.25, -0.2) is 0 Å². The highest BCUT2D eigenvalue weighted by Crippen LogP contribution is 2.27. The van der Waals surface area contributed by atoms with Crippen LogP contribution in [0.2, 0.25) is 10.0 Å². The summed E-state index contributed by atoms with van der Waals surface area (Å²) in [7, 11) is 0. The fourth-order valence-corrected chi connectivity index (χ4v) is 2.07. The largest absolute Gasteiger partial charge is 0.317 e. The summed E-state index contributed by atoms with van der Waals surface area (Å²) in [6.45, 7) is 1.90. The molecule has 0 aliphatic heterocycles. The number of aromatic nitrogens is 1. The molecule has 0 fully saturated rings. The van der Waals surface area contributed by atoms with Crippen LogP contribution >= 0.6 is 23.2 Å². The zero-order valence-electron chi connectivity index (χ0n) is 7.38. The molecule has 0 bridgehead atoms. The number of aryl methyl sites for hydroxylation is 1. The van der Waals surface area contributed by atoms with E-state index in [9.17, 15) is 0 Å². The molecule has 14 heavy (non-hydrogen) atoms. The van der Waals surface area contributed by atoms with Gasteiger partial charge in [0.05, 0.1) is 21.1 Å². The van der Waals surface area contributed by atoms with Gasteiger partial charge in [0.2, 0.25) is 0 Å². The third kappa shape index (κ3) is 1.26. The summed E-state index contributed by atoms with van der Waals surface area (Å²) in [6, 6.07) is 5.53. The summed E-state index contributed by atoms with van der Waals surface area (Å²) in [4.78, 5) is 0. The third-order valence-corrected chi connectivity index (χ3v) is 2.59. The molecule has 2 heterocycles. The Morgan fingerprint density at radius 2 is 2.07 bits per heavy atom. The minimum absolute atomic E-state index is 0.502. The summed E-state index contributed by atoms with van der Waals surface area (Å²) in [5, 5.41) is 9.95. The first-order valence-electron chi connectivity index (χ1n) is 4.00. The smallest absolute Gasteiger partial charge is 0.101 e. The summed E-state index contributed by atoms with van der Waals surface area (Å²) >= 11 is 11.9. The SMILES string of the molecule is Cc1cc(C#N)c2c(Cl)cc(Cl)cn12. The molecular weight excluding hydrogens is 219 g/mol. The van der Waals surface area contributed by atoms with Crippen molar-refractivity contribution in [3.63, 3.8) is 0 Å². The molecule has 70 valence electrons. The van der Waals surface area contributed by atoms with Gasteiger partial charge in [-0.2, -0.15) is 5.26 Å². The monoisotopic (exact) mass is 224 g/mol. The first-order valence-corrected chi connectivity index (χ1v) is 4.76. The standard InChI is InChI=1S/C10H6Cl2N2/c1-6-2-7(4-13)10-9(12)3-8(11)5-14(6)10/h2-3,5H,1H3. The topological polar surface area (TPSA) is 28.2 Å². The van der Waals surface area contributed by atoms with Crippen molar-refractivity contribution in [1.29, 1.82) is 5.26 Å². The lowest BCUT2D eigenvalue weighted by atomic mass is 10.3. The van der Waals surface area contributed by atoms with Gasteiger partial charge in [-0.15, -0.1) is 0 Å². The lowest BCUT2D eigenvalue weighted by Crippen LogP contribution is -1.87. The van der Waals surface area contributed by atoms with Crippen LogP contribution in [0.15, 0.2) is 18.3 Å². The highest BCUT2D eigenvalue weighted by molar-refractivity contribution is 6.36. The maximum Gasteiger partial charge on any atom is 0.101 e.